The van der Waals surface area contributed by atoms with Crippen molar-refractivity contribution in [3.05, 3.63) is 82.5 Å². The van der Waals surface area contributed by atoms with Crippen LogP contribution in [0.4, 0.5) is 0 Å². The van der Waals surface area contributed by atoms with Crippen LogP contribution in [0.2, 0.25) is 0 Å². The van der Waals surface area contributed by atoms with Crippen LogP contribution in [0, 0.1) is 0 Å². The molecule has 3 aromatic rings. The van der Waals surface area contributed by atoms with Crippen molar-refractivity contribution in [2.75, 3.05) is 19.8 Å². The maximum atomic E-state index is 13.2. The summed E-state index contributed by atoms with van der Waals surface area (Å²) in [5.74, 6) is -2.41. The summed E-state index contributed by atoms with van der Waals surface area (Å²) in [6.07, 6.45) is -1.08. The topological polar surface area (TPSA) is 219 Å². The number of hydrogen-bond donors (Lipinski definition) is 6. The van der Waals surface area contributed by atoms with E-state index in [0.29, 0.717) is 22.9 Å². The molecule has 6 atom stereocenters. The van der Waals surface area contributed by atoms with Gasteiger partial charge in [0.25, 0.3) is 0 Å². The van der Waals surface area contributed by atoms with Crippen LogP contribution in [0.25, 0.3) is 22.1 Å². The molecule has 2 aromatic carbocycles. The van der Waals surface area contributed by atoms with Crippen molar-refractivity contribution in [1.82, 2.24) is 0 Å². The first kappa shape index (κ1) is 31.1. The predicted molar refractivity (Wildman–Crippen MR) is 155 cm³/mol. The van der Waals surface area contributed by atoms with E-state index in [9.17, 15) is 34.8 Å². The molecule has 46 heavy (non-hydrogen) atoms. The minimum atomic E-state index is -2.42. The Kier molecular flexibility index (Phi) is 8.43. The van der Waals surface area contributed by atoms with E-state index in [4.69, 9.17) is 28.6 Å². The second-order valence-corrected chi connectivity index (χ2v) is 10.9. The molecule has 0 bridgehead atoms. The number of allylic oxidation sites excluding steroid dienone is 1. The fraction of sp³-hybridized carbons (Fsp3) is 0.290. The smallest absolute Gasteiger partial charge is 0.317 e. The SMILES string of the molecule is O=C(O)CC(=O)OC[C@@H]1O[C@H](Oc2ccc3c(=O)c(-c4ccc(O)cc4)coc3c2)[C@@H](O[NH+]2C=C3N=CC=C3C2)[C@@](O)(CO)[C@H]1O. The molecule has 0 spiro atoms. The molecule has 0 amide bonds. The van der Waals surface area contributed by atoms with E-state index in [-0.39, 0.29) is 33.5 Å². The Hall–Kier alpha value is -4.90. The van der Waals surface area contributed by atoms with Gasteiger partial charge in [-0.2, -0.15) is 9.90 Å². The van der Waals surface area contributed by atoms with E-state index < -0.39 is 61.8 Å². The molecule has 3 aliphatic rings. The first-order valence-corrected chi connectivity index (χ1v) is 14.1. The molecule has 3 aliphatic heterocycles. The Labute approximate surface area is 259 Å². The number of carboxylic acid groups (broad SMARTS) is 1. The van der Waals surface area contributed by atoms with Crippen LogP contribution in [0.5, 0.6) is 11.5 Å². The number of aliphatic hydroxyl groups is 3. The van der Waals surface area contributed by atoms with Crippen molar-refractivity contribution in [1.29, 1.82) is 0 Å². The number of aliphatic imine (C=N–C) groups is 1. The van der Waals surface area contributed by atoms with Gasteiger partial charge in [-0.05, 0) is 35.9 Å². The molecule has 1 fully saturated rings. The number of carbonyl (C=O) groups is 2. The number of rotatable bonds is 10. The van der Waals surface area contributed by atoms with Crippen LogP contribution in [-0.2, 0) is 23.9 Å². The predicted octanol–water partition coefficient (Wildman–Crippen LogP) is -0.578. The third-order valence-electron chi connectivity index (χ3n) is 7.81. The third kappa shape index (κ3) is 6.02. The standard InChI is InChI=1S/C31H28N2O13/c34-15-31(41)28(40)24(14-43-26(38)10-25(36)37)45-30(29(31)46-33-11-17-7-8-32-22(17)12-33)44-19-5-6-20-23(9-19)42-13-21(27(20)39)16-1-3-18(35)4-2-16/h1-9,12-13,24,28-30,34-35,40-41H,10-11,14-15H2,(H,36,37)/p+1/t24-,28-,29+,30-,31+/m0/s1. The molecule has 15 heteroatoms. The van der Waals surface area contributed by atoms with Crippen LogP contribution in [0.15, 0.2) is 86.5 Å². The number of fused-ring (bicyclic) bond motifs is 2. The largest absolute Gasteiger partial charge is 0.508 e. The molecule has 1 saturated heterocycles. The van der Waals surface area contributed by atoms with E-state index in [2.05, 4.69) is 4.99 Å². The zero-order valence-corrected chi connectivity index (χ0v) is 23.9. The van der Waals surface area contributed by atoms with Crippen LogP contribution in [0.1, 0.15) is 6.42 Å². The number of aliphatic carboxylic acids is 1. The van der Waals surface area contributed by atoms with Crippen molar-refractivity contribution in [3.63, 3.8) is 0 Å². The second kappa shape index (κ2) is 12.5. The van der Waals surface area contributed by atoms with Gasteiger partial charge in [0.05, 0.1) is 17.6 Å². The van der Waals surface area contributed by atoms with E-state index in [1.54, 1.807) is 30.6 Å². The monoisotopic (exact) mass is 637 g/mol. The number of aromatic hydroxyl groups is 1. The maximum absolute atomic E-state index is 13.2. The van der Waals surface area contributed by atoms with E-state index in [0.717, 1.165) is 5.57 Å². The average molecular weight is 638 g/mol. The lowest BCUT2D eigenvalue weighted by molar-refractivity contribution is -1.05. The summed E-state index contributed by atoms with van der Waals surface area (Å²) in [4.78, 5) is 46.3. The quantitative estimate of drug-likeness (QED) is 0.121. The number of hydrogen-bond acceptors (Lipinski definition) is 13. The van der Waals surface area contributed by atoms with Gasteiger partial charge in [-0.3, -0.25) is 19.4 Å². The zero-order chi connectivity index (χ0) is 32.6. The van der Waals surface area contributed by atoms with Gasteiger partial charge in [-0.1, -0.05) is 12.1 Å². The van der Waals surface area contributed by atoms with Crippen LogP contribution < -0.4 is 15.2 Å². The van der Waals surface area contributed by atoms with E-state index in [1.165, 1.54) is 36.6 Å². The van der Waals surface area contributed by atoms with Gasteiger partial charge in [0.1, 0.15) is 60.8 Å². The third-order valence-corrected chi connectivity index (χ3v) is 7.81. The summed E-state index contributed by atoms with van der Waals surface area (Å²) < 4.78 is 22.7. The summed E-state index contributed by atoms with van der Waals surface area (Å²) in [5.41, 5.74) is -0.319. The molecule has 0 radical (unpaired) electrons. The molecule has 0 aliphatic carbocycles. The van der Waals surface area contributed by atoms with Gasteiger partial charge in [0, 0.05) is 17.9 Å². The van der Waals surface area contributed by atoms with E-state index in [1.807, 2.05) is 0 Å². The van der Waals surface area contributed by atoms with Gasteiger partial charge in [0.15, 0.2) is 17.2 Å². The average Bonchev–Trinajstić information content (AvgIpc) is 3.63. The van der Waals surface area contributed by atoms with Gasteiger partial charge < -0.3 is 44.2 Å². The Balaban J connectivity index is 1.30. The lowest BCUT2D eigenvalue weighted by Gasteiger charge is -2.47. The number of phenols is 1. The fourth-order valence-electron chi connectivity index (χ4n) is 5.40. The lowest BCUT2D eigenvalue weighted by atomic mass is 9.84. The number of aliphatic hydroxyl groups excluding tert-OH is 2. The molecule has 6 rings (SSSR count). The highest BCUT2D eigenvalue weighted by Crippen LogP contribution is 2.34. The number of benzene rings is 2. The Morgan fingerprint density at radius 3 is 2.65 bits per heavy atom. The van der Waals surface area contributed by atoms with Crippen LogP contribution >= 0.6 is 0 Å². The summed E-state index contributed by atoms with van der Waals surface area (Å²) in [7, 11) is 0. The van der Waals surface area contributed by atoms with Crippen molar-refractivity contribution in [2.24, 2.45) is 4.99 Å². The minimum Gasteiger partial charge on any atom is -0.508 e. The fourth-order valence-corrected chi connectivity index (χ4v) is 5.40. The first-order chi connectivity index (χ1) is 22.0. The van der Waals surface area contributed by atoms with Crippen molar-refractivity contribution in [3.8, 4) is 22.6 Å². The number of hydroxylamine groups is 2. The molecule has 1 aromatic heterocycles. The van der Waals surface area contributed by atoms with Crippen molar-refractivity contribution in [2.45, 2.75) is 36.6 Å². The zero-order valence-electron chi connectivity index (χ0n) is 23.9. The Morgan fingerprint density at radius 1 is 1.15 bits per heavy atom. The highest BCUT2D eigenvalue weighted by atomic mass is 16.8. The Bertz CT molecular complexity index is 1820. The molecule has 1 unspecified atom stereocenters. The summed E-state index contributed by atoms with van der Waals surface area (Å²) in [6, 6.07) is 10.3. The highest BCUT2D eigenvalue weighted by molar-refractivity contribution is 5.90. The molecule has 0 saturated carbocycles. The normalized spacial score (nSPS) is 26.8. The van der Waals surface area contributed by atoms with Gasteiger partial charge in [-0.15, -0.1) is 0 Å². The molecule has 15 nitrogen and oxygen atoms in total. The molecular formula is C31H29N2O13+. The van der Waals surface area contributed by atoms with Gasteiger partial charge >= 0.3 is 11.9 Å². The number of phenolic OH excluding ortho intramolecular Hbond substituents is 1. The van der Waals surface area contributed by atoms with Gasteiger partial charge in [0.2, 0.25) is 12.4 Å². The Morgan fingerprint density at radius 2 is 1.93 bits per heavy atom. The molecule has 6 N–H and O–H groups in total. The van der Waals surface area contributed by atoms with Crippen LogP contribution in [0.3, 0.4) is 0 Å². The van der Waals surface area contributed by atoms with Crippen LogP contribution in [-0.4, -0.2) is 93.6 Å². The minimum absolute atomic E-state index is 0.0423. The van der Waals surface area contributed by atoms with Gasteiger partial charge in [-0.25, -0.2) is 0 Å². The molecule has 4 heterocycles. The molecular weight excluding hydrogens is 608 g/mol. The number of carbonyl (C=O) groups excluding carboxylic acids is 1. The highest BCUT2D eigenvalue weighted by Gasteiger charge is 2.60. The number of carboxylic acids is 1. The molecule has 240 valence electrons. The van der Waals surface area contributed by atoms with Crippen molar-refractivity contribution < 1.29 is 63.7 Å². The second-order valence-electron chi connectivity index (χ2n) is 10.9. The summed E-state index contributed by atoms with van der Waals surface area (Å²) >= 11 is 0. The summed E-state index contributed by atoms with van der Waals surface area (Å²) in [5, 5.41) is 52.0. The number of ether oxygens (including phenoxy) is 3. The first-order valence-electron chi connectivity index (χ1n) is 14.1. The summed E-state index contributed by atoms with van der Waals surface area (Å²) in [6.45, 7) is -1.41. The number of quaternary nitrogens is 1. The number of nitrogens with zero attached hydrogens (tertiary/aromatic N) is 1. The lowest BCUT2D eigenvalue weighted by Crippen LogP contribution is -3.07. The van der Waals surface area contributed by atoms with E-state index >= 15 is 0 Å². The maximum Gasteiger partial charge on any atom is 0.317 e. The number of nitrogens with one attached hydrogen (secondary N) is 1. The number of esters is 1. The van der Waals surface area contributed by atoms with Crippen molar-refractivity contribution >= 4 is 29.1 Å².